The number of benzene rings is 2. The molecule has 0 fully saturated rings. The summed E-state index contributed by atoms with van der Waals surface area (Å²) in [6.07, 6.45) is 3.31. The van der Waals surface area contributed by atoms with Gasteiger partial charge in [0.25, 0.3) is 0 Å². The van der Waals surface area contributed by atoms with E-state index in [4.69, 9.17) is 11.6 Å². The van der Waals surface area contributed by atoms with Crippen LogP contribution in [0.1, 0.15) is 17.5 Å². The molecule has 1 heterocycles. The van der Waals surface area contributed by atoms with Crippen LogP contribution in [0.25, 0.3) is 0 Å². The van der Waals surface area contributed by atoms with Crippen molar-refractivity contribution in [2.45, 2.75) is 25.3 Å². The summed E-state index contributed by atoms with van der Waals surface area (Å²) < 4.78 is 0. The molecule has 0 aromatic heterocycles. The van der Waals surface area contributed by atoms with Crippen molar-refractivity contribution in [3.8, 4) is 0 Å². The van der Waals surface area contributed by atoms with Crippen molar-refractivity contribution in [1.82, 2.24) is 0 Å². The summed E-state index contributed by atoms with van der Waals surface area (Å²) >= 11 is 6.22. The zero-order valence-electron chi connectivity index (χ0n) is 10.2. The predicted octanol–water partition coefficient (Wildman–Crippen LogP) is 4.31. The van der Waals surface area contributed by atoms with Gasteiger partial charge in [-0.05, 0) is 42.5 Å². The molecule has 0 saturated heterocycles. The van der Waals surface area contributed by atoms with Gasteiger partial charge in [-0.3, -0.25) is 0 Å². The second-order valence-electron chi connectivity index (χ2n) is 4.83. The summed E-state index contributed by atoms with van der Waals surface area (Å²) in [6, 6.07) is 17.2. The summed E-state index contributed by atoms with van der Waals surface area (Å²) in [5, 5.41) is 4.49. The number of rotatable bonds is 2. The molecular weight excluding hydrogens is 242 g/mol. The van der Waals surface area contributed by atoms with Gasteiger partial charge in [-0.15, -0.1) is 0 Å². The molecule has 0 amide bonds. The molecule has 0 bridgehead atoms. The van der Waals surface area contributed by atoms with E-state index >= 15 is 0 Å². The van der Waals surface area contributed by atoms with Gasteiger partial charge in [0, 0.05) is 16.8 Å². The fraction of sp³-hybridized carbons (Fsp3) is 0.250. The van der Waals surface area contributed by atoms with Crippen molar-refractivity contribution in [3.05, 3.63) is 64.7 Å². The van der Waals surface area contributed by atoms with Crippen LogP contribution in [0.15, 0.2) is 48.5 Å². The Kier molecular flexibility index (Phi) is 3.24. The van der Waals surface area contributed by atoms with Crippen molar-refractivity contribution >= 4 is 17.3 Å². The van der Waals surface area contributed by atoms with Crippen LogP contribution in [0.5, 0.6) is 0 Å². The quantitative estimate of drug-likeness (QED) is 0.845. The summed E-state index contributed by atoms with van der Waals surface area (Å²) in [5.41, 5.74) is 3.93. The number of hydrogen-bond acceptors (Lipinski definition) is 1. The average molecular weight is 258 g/mol. The SMILES string of the molecule is Clc1ccccc1CC1CCc2ccccc2N1. The van der Waals surface area contributed by atoms with Crippen molar-refractivity contribution in [1.29, 1.82) is 0 Å². The maximum Gasteiger partial charge on any atom is 0.0438 e. The third-order valence-corrected chi connectivity index (χ3v) is 3.93. The van der Waals surface area contributed by atoms with Crippen LogP contribution in [0, 0.1) is 0 Å². The molecule has 1 atom stereocenters. The lowest BCUT2D eigenvalue weighted by Gasteiger charge is -2.27. The van der Waals surface area contributed by atoms with E-state index in [1.165, 1.54) is 23.2 Å². The van der Waals surface area contributed by atoms with E-state index in [9.17, 15) is 0 Å². The fourth-order valence-corrected chi connectivity index (χ4v) is 2.80. The minimum absolute atomic E-state index is 0.486. The third-order valence-electron chi connectivity index (χ3n) is 3.56. The smallest absolute Gasteiger partial charge is 0.0438 e. The van der Waals surface area contributed by atoms with Crippen LogP contribution in [-0.4, -0.2) is 6.04 Å². The van der Waals surface area contributed by atoms with Gasteiger partial charge < -0.3 is 5.32 Å². The Labute approximate surface area is 113 Å². The second-order valence-corrected chi connectivity index (χ2v) is 5.24. The van der Waals surface area contributed by atoms with Gasteiger partial charge in [0.2, 0.25) is 0 Å². The molecule has 0 saturated carbocycles. The van der Waals surface area contributed by atoms with E-state index in [1.807, 2.05) is 12.1 Å². The summed E-state index contributed by atoms with van der Waals surface area (Å²) in [7, 11) is 0. The lowest BCUT2D eigenvalue weighted by Crippen LogP contribution is -2.27. The molecule has 1 N–H and O–H groups in total. The van der Waals surface area contributed by atoms with Gasteiger partial charge >= 0.3 is 0 Å². The first-order chi connectivity index (χ1) is 8.83. The molecule has 0 radical (unpaired) electrons. The fourth-order valence-electron chi connectivity index (χ4n) is 2.58. The Bertz CT molecular complexity index is 550. The van der Waals surface area contributed by atoms with Crippen molar-refractivity contribution in [2.75, 3.05) is 5.32 Å². The zero-order chi connectivity index (χ0) is 12.4. The summed E-state index contributed by atoms with van der Waals surface area (Å²) in [5.74, 6) is 0. The summed E-state index contributed by atoms with van der Waals surface area (Å²) in [4.78, 5) is 0. The van der Waals surface area contributed by atoms with Crippen molar-refractivity contribution in [2.24, 2.45) is 0 Å². The van der Waals surface area contributed by atoms with E-state index in [-0.39, 0.29) is 0 Å². The predicted molar refractivity (Wildman–Crippen MR) is 77.3 cm³/mol. The Hall–Kier alpha value is -1.47. The number of nitrogens with one attached hydrogen (secondary N) is 1. The Balaban J connectivity index is 1.75. The molecule has 3 rings (SSSR count). The average Bonchev–Trinajstić information content (AvgIpc) is 2.41. The lowest BCUT2D eigenvalue weighted by molar-refractivity contribution is 0.628. The molecule has 2 aromatic rings. The zero-order valence-corrected chi connectivity index (χ0v) is 11.0. The molecule has 1 nitrogen and oxygen atoms in total. The third kappa shape index (κ3) is 2.37. The minimum Gasteiger partial charge on any atom is -0.382 e. The van der Waals surface area contributed by atoms with Gasteiger partial charge in [0.15, 0.2) is 0 Å². The van der Waals surface area contributed by atoms with Gasteiger partial charge in [-0.25, -0.2) is 0 Å². The minimum atomic E-state index is 0.486. The largest absolute Gasteiger partial charge is 0.382 e. The Morgan fingerprint density at radius 2 is 1.83 bits per heavy atom. The van der Waals surface area contributed by atoms with Crippen LogP contribution in [0.2, 0.25) is 5.02 Å². The van der Waals surface area contributed by atoms with Gasteiger partial charge in [-0.2, -0.15) is 0 Å². The molecular formula is C16H16ClN. The number of para-hydroxylation sites is 1. The van der Waals surface area contributed by atoms with Gasteiger partial charge in [-0.1, -0.05) is 48.0 Å². The normalized spacial score (nSPS) is 17.9. The molecule has 18 heavy (non-hydrogen) atoms. The highest BCUT2D eigenvalue weighted by atomic mass is 35.5. The maximum absolute atomic E-state index is 6.22. The van der Waals surface area contributed by atoms with Crippen LogP contribution in [0.3, 0.4) is 0 Å². The molecule has 1 aliphatic heterocycles. The lowest BCUT2D eigenvalue weighted by atomic mass is 9.94. The number of aryl methyl sites for hydroxylation is 1. The monoisotopic (exact) mass is 257 g/mol. The van der Waals surface area contributed by atoms with Crippen molar-refractivity contribution < 1.29 is 0 Å². The first-order valence-electron chi connectivity index (χ1n) is 6.41. The van der Waals surface area contributed by atoms with E-state index in [0.717, 1.165) is 17.9 Å². The number of fused-ring (bicyclic) bond motifs is 1. The molecule has 2 heteroatoms. The highest BCUT2D eigenvalue weighted by Crippen LogP contribution is 2.27. The topological polar surface area (TPSA) is 12.0 Å². The highest BCUT2D eigenvalue weighted by molar-refractivity contribution is 6.31. The molecule has 1 unspecified atom stereocenters. The first kappa shape index (κ1) is 11.6. The van der Waals surface area contributed by atoms with Crippen LogP contribution in [-0.2, 0) is 12.8 Å². The number of halogens is 1. The number of hydrogen-bond donors (Lipinski definition) is 1. The van der Waals surface area contributed by atoms with E-state index in [1.54, 1.807) is 0 Å². The van der Waals surface area contributed by atoms with Gasteiger partial charge in [0.05, 0.1) is 0 Å². The van der Waals surface area contributed by atoms with Crippen LogP contribution >= 0.6 is 11.6 Å². The summed E-state index contributed by atoms with van der Waals surface area (Å²) in [6.45, 7) is 0. The van der Waals surface area contributed by atoms with E-state index in [2.05, 4.69) is 41.7 Å². The standard InChI is InChI=1S/C16H16ClN/c17-15-7-3-1-6-13(15)11-14-10-9-12-5-2-4-8-16(12)18-14/h1-8,14,18H,9-11H2. The maximum atomic E-state index is 6.22. The molecule has 0 spiro atoms. The highest BCUT2D eigenvalue weighted by Gasteiger charge is 2.18. The Morgan fingerprint density at radius 3 is 2.72 bits per heavy atom. The van der Waals surface area contributed by atoms with Gasteiger partial charge in [0.1, 0.15) is 0 Å². The molecule has 2 aromatic carbocycles. The van der Waals surface area contributed by atoms with E-state index < -0.39 is 0 Å². The van der Waals surface area contributed by atoms with Crippen LogP contribution in [0.4, 0.5) is 5.69 Å². The molecule has 1 aliphatic rings. The number of anilines is 1. The van der Waals surface area contributed by atoms with Crippen LogP contribution < -0.4 is 5.32 Å². The molecule has 92 valence electrons. The molecule has 0 aliphatic carbocycles. The second kappa shape index (κ2) is 5.03. The Morgan fingerprint density at radius 1 is 1.06 bits per heavy atom. The van der Waals surface area contributed by atoms with E-state index in [0.29, 0.717) is 6.04 Å². The van der Waals surface area contributed by atoms with Crippen molar-refractivity contribution in [3.63, 3.8) is 0 Å². The first-order valence-corrected chi connectivity index (χ1v) is 6.78.